The number of aliphatic hydroxyl groups is 2. The van der Waals surface area contributed by atoms with Gasteiger partial charge in [-0.15, -0.1) is 0 Å². The summed E-state index contributed by atoms with van der Waals surface area (Å²) in [6.45, 7) is 1.36. The number of ketones is 3. The molecular formula is C27H31N3O7. The molecule has 4 rings (SSSR count). The largest absolute Gasteiger partial charge is 0.507 e. The van der Waals surface area contributed by atoms with Gasteiger partial charge in [0.15, 0.2) is 23.0 Å². The maximum Gasteiger partial charge on any atom is 0.225 e. The van der Waals surface area contributed by atoms with Crippen molar-refractivity contribution in [3.63, 3.8) is 0 Å². The third-order valence-corrected chi connectivity index (χ3v) is 7.75. The molecule has 10 nitrogen and oxygen atoms in total. The maximum absolute atomic E-state index is 13.9. The van der Waals surface area contributed by atoms with E-state index in [1.54, 1.807) is 31.1 Å². The second kappa shape index (κ2) is 9.77. The van der Waals surface area contributed by atoms with Crippen molar-refractivity contribution in [2.75, 3.05) is 20.7 Å². The molecule has 10 heteroatoms. The highest BCUT2D eigenvalue weighted by Crippen LogP contribution is 2.49. The number of nitrogens with two attached hydrogens (primary N) is 1. The topological polar surface area (TPSA) is 171 Å². The van der Waals surface area contributed by atoms with Crippen molar-refractivity contribution in [3.8, 4) is 17.0 Å². The predicted molar refractivity (Wildman–Crippen MR) is 133 cm³/mol. The van der Waals surface area contributed by atoms with Crippen molar-refractivity contribution in [3.05, 3.63) is 47.2 Å². The van der Waals surface area contributed by atoms with Gasteiger partial charge < -0.3 is 26.0 Å². The highest BCUT2D eigenvalue weighted by atomic mass is 16.3. The van der Waals surface area contributed by atoms with E-state index in [9.17, 15) is 34.5 Å². The fourth-order valence-corrected chi connectivity index (χ4v) is 6.00. The van der Waals surface area contributed by atoms with Crippen molar-refractivity contribution in [2.45, 2.75) is 37.8 Å². The van der Waals surface area contributed by atoms with Crippen LogP contribution in [0, 0.1) is 24.7 Å². The number of likely N-dealkylation sites (N-methyl/N-ethyl adjacent to an activating group) is 1. The van der Waals surface area contributed by atoms with Gasteiger partial charge >= 0.3 is 0 Å². The highest BCUT2D eigenvalue weighted by Gasteiger charge is 2.62. The van der Waals surface area contributed by atoms with Gasteiger partial charge in [0.05, 0.1) is 30.2 Å². The molecule has 2 aromatic rings. The molecule has 1 amide bonds. The predicted octanol–water partition coefficient (Wildman–Crippen LogP) is 0.421. The van der Waals surface area contributed by atoms with Gasteiger partial charge in [-0.25, -0.2) is 0 Å². The zero-order valence-corrected chi connectivity index (χ0v) is 21.0. The van der Waals surface area contributed by atoms with E-state index < -0.39 is 65.7 Å². The molecule has 5 atom stereocenters. The third-order valence-electron chi connectivity index (χ3n) is 7.75. The van der Waals surface area contributed by atoms with E-state index >= 15 is 0 Å². The van der Waals surface area contributed by atoms with Gasteiger partial charge in [0.25, 0.3) is 0 Å². The zero-order chi connectivity index (χ0) is 27.2. The minimum absolute atomic E-state index is 0.0372. The first-order chi connectivity index (χ1) is 17.4. The van der Waals surface area contributed by atoms with Crippen molar-refractivity contribution < 1.29 is 34.5 Å². The number of amides is 1. The molecule has 0 saturated heterocycles. The Morgan fingerprint density at radius 1 is 1.22 bits per heavy atom. The number of aryl methyl sites for hydroxylation is 1. The minimum atomic E-state index is -2.70. The first-order valence-corrected chi connectivity index (χ1v) is 12.1. The minimum Gasteiger partial charge on any atom is -0.507 e. The number of phenols is 1. The van der Waals surface area contributed by atoms with Crippen LogP contribution in [0.1, 0.15) is 34.5 Å². The van der Waals surface area contributed by atoms with Gasteiger partial charge in [-0.2, -0.15) is 0 Å². The van der Waals surface area contributed by atoms with Crippen LogP contribution in [-0.2, 0) is 20.8 Å². The van der Waals surface area contributed by atoms with E-state index in [0.29, 0.717) is 16.8 Å². The summed E-state index contributed by atoms with van der Waals surface area (Å²) in [5, 5.41) is 32.4. The molecule has 1 fully saturated rings. The first-order valence-electron chi connectivity index (χ1n) is 12.1. The molecule has 1 aromatic carbocycles. The first kappa shape index (κ1) is 26.6. The Bertz CT molecular complexity index is 1290. The smallest absolute Gasteiger partial charge is 0.225 e. The summed E-state index contributed by atoms with van der Waals surface area (Å²) in [4.78, 5) is 58.4. The van der Waals surface area contributed by atoms with Crippen LogP contribution in [0.25, 0.3) is 11.3 Å². The van der Waals surface area contributed by atoms with Crippen LogP contribution in [0.4, 0.5) is 0 Å². The summed E-state index contributed by atoms with van der Waals surface area (Å²) >= 11 is 0. The number of Topliss-reactive ketones (excluding diaryl/α,β-unsaturated/α-hetero) is 3. The van der Waals surface area contributed by atoms with Crippen LogP contribution in [0.2, 0.25) is 0 Å². The molecule has 2 unspecified atom stereocenters. The fraction of sp³-hybridized carbons (Fsp3) is 0.444. The number of nitrogens with zero attached hydrogens (tertiary/aromatic N) is 2. The van der Waals surface area contributed by atoms with Crippen LogP contribution in [0.5, 0.6) is 5.75 Å². The number of fused-ring (bicyclic) bond motifs is 2. The lowest BCUT2D eigenvalue weighted by atomic mass is 9.56. The maximum atomic E-state index is 13.9. The molecule has 5 N–H and O–H groups in total. The molecule has 1 aromatic heterocycles. The number of aromatic hydroxyl groups is 1. The zero-order valence-electron chi connectivity index (χ0n) is 21.0. The van der Waals surface area contributed by atoms with Crippen LogP contribution in [-0.4, -0.2) is 80.8 Å². The fourth-order valence-electron chi connectivity index (χ4n) is 6.00. The Labute approximate surface area is 214 Å². The summed E-state index contributed by atoms with van der Waals surface area (Å²) in [5.74, 6) is -7.28. The van der Waals surface area contributed by atoms with E-state index in [2.05, 4.69) is 4.98 Å². The number of rotatable bonds is 7. The van der Waals surface area contributed by atoms with E-state index in [4.69, 9.17) is 5.73 Å². The molecule has 2 aliphatic carbocycles. The van der Waals surface area contributed by atoms with Crippen LogP contribution in [0.15, 0.2) is 30.3 Å². The lowest BCUT2D eigenvalue weighted by Gasteiger charge is -2.49. The average Bonchev–Trinajstić information content (AvgIpc) is 2.81. The quantitative estimate of drug-likeness (QED) is 0.386. The summed E-state index contributed by atoms with van der Waals surface area (Å²) in [7, 11) is 3.27. The van der Waals surface area contributed by atoms with E-state index in [0.717, 1.165) is 5.69 Å². The van der Waals surface area contributed by atoms with Crippen molar-refractivity contribution >= 4 is 23.3 Å². The van der Waals surface area contributed by atoms with Gasteiger partial charge in [0.1, 0.15) is 5.75 Å². The number of phenolic OH excluding ortho intramolecular Hbond substituents is 1. The Morgan fingerprint density at radius 2 is 1.92 bits per heavy atom. The molecule has 0 radical (unpaired) electrons. The normalized spacial score (nSPS) is 25.9. The van der Waals surface area contributed by atoms with E-state index in [-0.39, 0.29) is 24.2 Å². The molecule has 0 bridgehead atoms. The molecule has 2 aliphatic rings. The molecule has 0 aliphatic heterocycles. The van der Waals surface area contributed by atoms with Gasteiger partial charge in [-0.05, 0) is 69.6 Å². The standard InChI is InChI=1S/C27H31N3O7/c1-13-5-4-6-18(29-13)15-7-8-20(32)24-16(15)9-14-10-17(19(12-31)30(2)3)27(37,21(33)11-22(28)34)26(36)23(14)25(24)35/h4-8,14,17,19,23,31-32,37H,9-12H2,1-3H3,(H2,28,34)/t14-,17-,19?,23?,27+/m0/s1. The molecule has 196 valence electrons. The number of primary amides is 1. The molecule has 37 heavy (non-hydrogen) atoms. The van der Waals surface area contributed by atoms with Crippen molar-refractivity contribution in [2.24, 2.45) is 23.5 Å². The second-order valence-electron chi connectivity index (χ2n) is 10.2. The number of hydrogen-bond donors (Lipinski definition) is 4. The monoisotopic (exact) mass is 509 g/mol. The SMILES string of the molecule is Cc1cccc(-c2ccc(O)c3c2C[C@H]2C[C@@H](C(CO)N(C)C)[C@@](O)(C(=O)CC(N)=O)C(=O)C2C3=O)n1. The van der Waals surface area contributed by atoms with Crippen LogP contribution < -0.4 is 5.73 Å². The summed E-state index contributed by atoms with van der Waals surface area (Å²) in [6, 6.07) is 7.69. The molecule has 0 spiro atoms. The Morgan fingerprint density at radius 3 is 2.51 bits per heavy atom. The molecular weight excluding hydrogens is 478 g/mol. The Hall–Kier alpha value is -3.47. The Kier molecular flexibility index (Phi) is 7.02. The van der Waals surface area contributed by atoms with Gasteiger partial charge in [0.2, 0.25) is 5.91 Å². The molecule has 1 heterocycles. The lowest BCUT2D eigenvalue weighted by Crippen LogP contribution is -2.67. The highest BCUT2D eigenvalue weighted by molar-refractivity contribution is 6.24. The van der Waals surface area contributed by atoms with Crippen molar-refractivity contribution in [1.29, 1.82) is 0 Å². The van der Waals surface area contributed by atoms with E-state index in [1.165, 1.54) is 6.07 Å². The van der Waals surface area contributed by atoms with Gasteiger partial charge in [-0.1, -0.05) is 6.07 Å². The van der Waals surface area contributed by atoms with Crippen molar-refractivity contribution in [1.82, 2.24) is 9.88 Å². The number of benzene rings is 1. The molecule has 1 saturated carbocycles. The average molecular weight is 510 g/mol. The lowest BCUT2D eigenvalue weighted by molar-refractivity contribution is -0.171. The number of hydrogen-bond acceptors (Lipinski definition) is 9. The van der Waals surface area contributed by atoms with Crippen LogP contribution >= 0.6 is 0 Å². The summed E-state index contributed by atoms with van der Waals surface area (Å²) in [6.07, 6.45) is -0.637. The van der Waals surface area contributed by atoms with Gasteiger partial charge in [-0.3, -0.25) is 24.2 Å². The van der Waals surface area contributed by atoms with Crippen LogP contribution in [0.3, 0.4) is 0 Å². The number of aliphatic hydroxyl groups excluding tert-OH is 1. The number of pyridine rings is 1. The third kappa shape index (κ3) is 4.35. The number of carbonyl (C=O) groups is 4. The summed E-state index contributed by atoms with van der Waals surface area (Å²) < 4.78 is 0. The summed E-state index contributed by atoms with van der Waals surface area (Å²) in [5.41, 5.74) is 5.01. The van der Waals surface area contributed by atoms with Gasteiger partial charge in [0, 0.05) is 23.2 Å². The Balaban J connectivity index is 1.87. The second-order valence-corrected chi connectivity index (χ2v) is 10.2. The number of carbonyl (C=O) groups excluding carboxylic acids is 4. The number of aromatic nitrogens is 1. The van der Waals surface area contributed by atoms with E-state index in [1.807, 2.05) is 19.1 Å².